The lowest BCUT2D eigenvalue weighted by molar-refractivity contribution is 0.0526. The smallest absolute Gasteiger partial charge is 0.414 e. The third kappa shape index (κ3) is 4.09. The molecule has 6 heteroatoms. The molecule has 130 valence electrons. The summed E-state index contributed by atoms with van der Waals surface area (Å²) in [4.78, 5) is 25.3. The number of rotatable bonds is 6. The summed E-state index contributed by atoms with van der Waals surface area (Å²) in [6.45, 7) is 2.75. The predicted octanol–water partition coefficient (Wildman–Crippen LogP) is 3.27. The van der Waals surface area contributed by atoms with Gasteiger partial charge in [-0.25, -0.2) is 9.59 Å². The fraction of sp³-hybridized carbons (Fsp3) is 0.263. The number of nitrogens with zero attached hydrogens (tertiary/aromatic N) is 1. The van der Waals surface area contributed by atoms with E-state index in [0.717, 1.165) is 5.75 Å². The van der Waals surface area contributed by atoms with Crippen molar-refractivity contribution >= 4 is 17.7 Å². The quantitative estimate of drug-likeness (QED) is 0.755. The fourth-order valence-electron chi connectivity index (χ4n) is 2.52. The number of carbonyl (C=O) groups excluding carboxylic acids is 2. The number of hydrogen-bond donors (Lipinski definition) is 0. The highest BCUT2D eigenvalue weighted by Gasteiger charge is 2.32. The summed E-state index contributed by atoms with van der Waals surface area (Å²) < 4.78 is 15.9. The minimum absolute atomic E-state index is 0.285. The van der Waals surface area contributed by atoms with Gasteiger partial charge < -0.3 is 14.2 Å². The molecule has 0 bridgehead atoms. The number of para-hydroxylation sites is 1. The van der Waals surface area contributed by atoms with E-state index in [1.807, 2.05) is 30.3 Å². The first-order valence-corrected chi connectivity index (χ1v) is 8.10. The van der Waals surface area contributed by atoms with Crippen molar-refractivity contribution in [2.45, 2.75) is 13.0 Å². The van der Waals surface area contributed by atoms with E-state index < -0.39 is 6.09 Å². The number of carbonyl (C=O) groups is 2. The average Bonchev–Trinajstić information content (AvgIpc) is 3.02. The molecule has 0 radical (unpaired) electrons. The summed E-state index contributed by atoms with van der Waals surface area (Å²) in [5.41, 5.74) is 1.11. The molecule has 3 rings (SSSR count). The van der Waals surface area contributed by atoms with Gasteiger partial charge in [0.1, 0.15) is 12.4 Å². The number of ether oxygens (including phenoxy) is 3. The summed E-state index contributed by atoms with van der Waals surface area (Å²) in [6, 6.07) is 16.0. The highest BCUT2D eigenvalue weighted by molar-refractivity contribution is 5.92. The van der Waals surface area contributed by atoms with E-state index in [4.69, 9.17) is 14.2 Å². The lowest BCUT2D eigenvalue weighted by Crippen LogP contribution is -2.26. The summed E-state index contributed by atoms with van der Waals surface area (Å²) in [6.07, 6.45) is -0.775. The highest BCUT2D eigenvalue weighted by Crippen LogP contribution is 2.23. The van der Waals surface area contributed by atoms with E-state index >= 15 is 0 Å². The SMILES string of the molecule is CCOC(=O)c1ccc(N2CC(COc3ccccc3)OC2=O)cc1. The molecule has 1 aliphatic heterocycles. The van der Waals surface area contributed by atoms with Crippen LogP contribution in [0.5, 0.6) is 5.75 Å². The topological polar surface area (TPSA) is 65.1 Å². The largest absolute Gasteiger partial charge is 0.490 e. The van der Waals surface area contributed by atoms with Crippen molar-refractivity contribution < 1.29 is 23.8 Å². The van der Waals surface area contributed by atoms with Gasteiger partial charge in [0.05, 0.1) is 18.7 Å². The van der Waals surface area contributed by atoms with Gasteiger partial charge in [0, 0.05) is 5.69 Å². The molecular weight excluding hydrogens is 322 g/mol. The van der Waals surface area contributed by atoms with E-state index in [1.54, 1.807) is 31.2 Å². The zero-order chi connectivity index (χ0) is 17.6. The second-order valence-corrected chi connectivity index (χ2v) is 5.51. The van der Waals surface area contributed by atoms with Gasteiger partial charge in [0.2, 0.25) is 0 Å². The van der Waals surface area contributed by atoms with Gasteiger partial charge in [-0.2, -0.15) is 0 Å². The number of anilines is 1. The molecule has 0 saturated carbocycles. The van der Waals surface area contributed by atoms with Crippen LogP contribution < -0.4 is 9.64 Å². The van der Waals surface area contributed by atoms with Crippen LogP contribution in [0.4, 0.5) is 10.5 Å². The van der Waals surface area contributed by atoms with Crippen LogP contribution in [0.3, 0.4) is 0 Å². The molecule has 0 aliphatic carbocycles. The normalized spacial score (nSPS) is 16.4. The van der Waals surface area contributed by atoms with Crippen LogP contribution in [-0.4, -0.2) is 37.9 Å². The molecule has 1 atom stereocenters. The van der Waals surface area contributed by atoms with Gasteiger partial charge in [-0.3, -0.25) is 4.90 Å². The molecule has 1 amide bonds. The van der Waals surface area contributed by atoms with Crippen LogP contribution in [0, 0.1) is 0 Å². The van der Waals surface area contributed by atoms with E-state index in [0.29, 0.717) is 24.4 Å². The number of benzene rings is 2. The Kier molecular flexibility index (Phi) is 5.18. The standard InChI is InChI=1S/C19H19NO5/c1-2-23-18(21)14-8-10-15(11-9-14)20-12-17(25-19(20)22)13-24-16-6-4-3-5-7-16/h3-11,17H,2,12-13H2,1H3. The summed E-state index contributed by atoms with van der Waals surface area (Å²) in [7, 11) is 0. The van der Waals surface area contributed by atoms with Gasteiger partial charge in [-0.15, -0.1) is 0 Å². The first-order chi connectivity index (χ1) is 12.2. The number of esters is 1. The van der Waals surface area contributed by atoms with Crippen LogP contribution >= 0.6 is 0 Å². The van der Waals surface area contributed by atoms with Crippen LogP contribution in [-0.2, 0) is 9.47 Å². The Balaban J connectivity index is 1.59. The average molecular weight is 341 g/mol. The van der Waals surface area contributed by atoms with E-state index in [1.165, 1.54) is 4.90 Å². The third-order valence-corrected chi connectivity index (χ3v) is 3.74. The molecule has 1 fully saturated rings. The van der Waals surface area contributed by atoms with Crippen molar-refractivity contribution in [1.29, 1.82) is 0 Å². The summed E-state index contributed by atoms with van der Waals surface area (Å²) in [5.74, 6) is 0.350. The lowest BCUT2D eigenvalue weighted by Gasteiger charge is -2.13. The molecule has 0 N–H and O–H groups in total. The van der Waals surface area contributed by atoms with E-state index in [9.17, 15) is 9.59 Å². The maximum Gasteiger partial charge on any atom is 0.414 e. The molecule has 1 saturated heterocycles. The molecule has 2 aromatic carbocycles. The Hall–Kier alpha value is -3.02. The molecule has 25 heavy (non-hydrogen) atoms. The highest BCUT2D eigenvalue weighted by atomic mass is 16.6. The number of hydrogen-bond acceptors (Lipinski definition) is 5. The zero-order valence-electron chi connectivity index (χ0n) is 13.9. The van der Waals surface area contributed by atoms with Crippen molar-refractivity contribution in [1.82, 2.24) is 0 Å². The molecule has 1 unspecified atom stereocenters. The minimum Gasteiger partial charge on any atom is -0.490 e. The number of cyclic esters (lactones) is 1. The van der Waals surface area contributed by atoms with E-state index in [-0.39, 0.29) is 18.7 Å². The second kappa shape index (κ2) is 7.70. The summed E-state index contributed by atoms with van der Waals surface area (Å²) in [5, 5.41) is 0. The molecule has 1 aliphatic rings. The molecule has 6 nitrogen and oxygen atoms in total. The zero-order valence-corrected chi connectivity index (χ0v) is 13.9. The summed E-state index contributed by atoms with van der Waals surface area (Å²) >= 11 is 0. The second-order valence-electron chi connectivity index (χ2n) is 5.51. The first kappa shape index (κ1) is 16.8. The van der Waals surface area contributed by atoms with Crippen molar-refractivity contribution in [2.75, 3.05) is 24.7 Å². The molecule has 0 aromatic heterocycles. The van der Waals surface area contributed by atoms with Crippen LogP contribution in [0.15, 0.2) is 54.6 Å². The molecule has 0 spiro atoms. The van der Waals surface area contributed by atoms with Crippen molar-refractivity contribution in [2.24, 2.45) is 0 Å². The Bertz CT molecular complexity index is 729. The third-order valence-electron chi connectivity index (χ3n) is 3.74. The maximum absolute atomic E-state index is 12.1. The van der Waals surface area contributed by atoms with Crippen molar-refractivity contribution in [3.05, 3.63) is 60.2 Å². The number of amides is 1. The van der Waals surface area contributed by atoms with Gasteiger partial charge in [0.15, 0.2) is 6.10 Å². The first-order valence-electron chi connectivity index (χ1n) is 8.10. The Morgan fingerprint density at radius 3 is 2.56 bits per heavy atom. The maximum atomic E-state index is 12.1. The van der Waals surface area contributed by atoms with E-state index in [2.05, 4.69) is 0 Å². The van der Waals surface area contributed by atoms with Crippen LogP contribution in [0.2, 0.25) is 0 Å². The molecular formula is C19H19NO5. The molecule has 1 heterocycles. The Labute approximate surface area is 145 Å². The lowest BCUT2D eigenvalue weighted by atomic mass is 10.2. The molecule has 2 aromatic rings. The minimum atomic E-state index is -0.425. The monoisotopic (exact) mass is 341 g/mol. The van der Waals surface area contributed by atoms with Gasteiger partial charge in [-0.1, -0.05) is 18.2 Å². The van der Waals surface area contributed by atoms with Crippen molar-refractivity contribution in [3.8, 4) is 5.75 Å². The van der Waals surface area contributed by atoms with Gasteiger partial charge in [0.25, 0.3) is 0 Å². The Morgan fingerprint density at radius 1 is 1.16 bits per heavy atom. The van der Waals surface area contributed by atoms with Gasteiger partial charge >= 0.3 is 12.1 Å². The predicted molar refractivity (Wildman–Crippen MR) is 92.0 cm³/mol. The van der Waals surface area contributed by atoms with Crippen LogP contribution in [0.1, 0.15) is 17.3 Å². The fourth-order valence-corrected chi connectivity index (χ4v) is 2.52. The van der Waals surface area contributed by atoms with Crippen molar-refractivity contribution in [3.63, 3.8) is 0 Å². The van der Waals surface area contributed by atoms with Crippen LogP contribution in [0.25, 0.3) is 0 Å². The van der Waals surface area contributed by atoms with Gasteiger partial charge in [-0.05, 0) is 43.3 Å². The Morgan fingerprint density at radius 2 is 1.88 bits per heavy atom.